The van der Waals surface area contributed by atoms with Crippen LogP contribution in [0, 0.1) is 0 Å². The maximum Gasteiger partial charge on any atom is 0.244 e. The van der Waals surface area contributed by atoms with Crippen molar-refractivity contribution in [3.63, 3.8) is 0 Å². The number of amides is 2. The van der Waals surface area contributed by atoms with E-state index < -0.39 is 0 Å². The summed E-state index contributed by atoms with van der Waals surface area (Å²) in [7, 11) is 1.85. The fraction of sp³-hybridized carbons (Fsp3) is 0.667. The highest BCUT2D eigenvalue weighted by molar-refractivity contribution is 5.97. The number of hydrogen-bond acceptors (Lipinski definition) is 7. The van der Waals surface area contributed by atoms with Crippen molar-refractivity contribution in [2.45, 2.75) is 51.5 Å². The van der Waals surface area contributed by atoms with Gasteiger partial charge < -0.3 is 14.3 Å². The lowest BCUT2D eigenvalue weighted by Crippen LogP contribution is -2.58. The fourth-order valence-corrected chi connectivity index (χ4v) is 4.26. The minimum Gasteiger partial charge on any atom is -0.340 e. The number of anilines is 1. The molecule has 2 saturated heterocycles. The first-order valence-corrected chi connectivity index (χ1v) is 11.1. The van der Waals surface area contributed by atoms with Gasteiger partial charge in [-0.25, -0.2) is 0 Å². The molecule has 0 unspecified atom stereocenters. The molecular formula is C21H31N7O3. The second kappa shape index (κ2) is 9.17. The van der Waals surface area contributed by atoms with Gasteiger partial charge in [0, 0.05) is 64.7 Å². The standard InChI is InChI=1S/C21H31N7O3/c1-15(2)20-23-18(31-24-20)6-7-19(29)27-11-9-26(10-12-27)17-5-4-8-28(21(17)30)16-13-22-25(3)14-16/h13-15,17H,4-12H2,1-3H3/t17-/m0/s1. The summed E-state index contributed by atoms with van der Waals surface area (Å²) in [5.41, 5.74) is 0.854. The lowest BCUT2D eigenvalue weighted by Gasteiger charge is -2.42. The van der Waals surface area contributed by atoms with Crippen molar-refractivity contribution >= 4 is 17.5 Å². The molecule has 0 spiro atoms. The van der Waals surface area contributed by atoms with Crippen LogP contribution in [0.4, 0.5) is 5.69 Å². The van der Waals surface area contributed by atoms with E-state index in [9.17, 15) is 9.59 Å². The monoisotopic (exact) mass is 429 g/mol. The number of piperidine rings is 1. The van der Waals surface area contributed by atoms with Gasteiger partial charge in [-0.05, 0) is 12.8 Å². The van der Waals surface area contributed by atoms with Crippen molar-refractivity contribution in [3.05, 3.63) is 24.1 Å². The quantitative estimate of drug-likeness (QED) is 0.680. The molecule has 0 saturated carbocycles. The zero-order chi connectivity index (χ0) is 22.0. The number of hydrogen-bond donors (Lipinski definition) is 0. The van der Waals surface area contributed by atoms with Crippen molar-refractivity contribution in [3.8, 4) is 0 Å². The summed E-state index contributed by atoms with van der Waals surface area (Å²) in [4.78, 5) is 36.0. The molecule has 0 aromatic carbocycles. The number of carbonyl (C=O) groups excluding carboxylic acids is 2. The normalized spacial score (nSPS) is 20.6. The van der Waals surface area contributed by atoms with Gasteiger partial charge in [-0.1, -0.05) is 19.0 Å². The molecule has 0 bridgehead atoms. The largest absolute Gasteiger partial charge is 0.340 e. The molecule has 1 atom stereocenters. The van der Waals surface area contributed by atoms with E-state index >= 15 is 0 Å². The number of aromatic nitrogens is 4. The van der Waals surface area contributed by atoms with Gasteiger partial charge in [-0.15, -0.1) is 0 Å². The van der Waals surface area contributed by atoms with Crippen molar-refractivity contribution in [1.29, 1.82) is 0 Å². The number of nitrogens with zero attached hydrogens (tertiary/aromatic N) is 7. The Morgan fingerprint density at radius 1 is 1.23 bits per heavy atom. The van der Waals surface area contributed by atoms with Crippen LogP contribution in [-0.4, -0.2) is 80.3 Å². The maximum absolute atomic E-state index is 13.1. The minimum absolute atomic E-state index is 0.0934. The van der Waals surface area contributed by atoms with Gasteiger partial charge in [0.05, 0.1) is 17.9 Å². The molecule has 2 aromatic heterocycles. The predicted molar refractivity (Wildman–Crippen MR) is 113 cm³/mol. The lowest BCUT2D eigenvalue weighted by molar-refractivity contribution is -0.134. The third-order valence-corrected chi connectivity index (χ3v) is 6.07. The second-order valence-electron chi connectivity index (χ2n) is 8.64. The van der Waals surface area contributed by atoms with Crippen LogP contribution in [0.25, 0.3) is 0 Å². The molecule has 2 fully saturated rings. The summed E-state index contributed by atoms with van der Waals surface area (Å²) in [6, 6.07) is -0.126. The Morgan fingerprint density at radius 2 is 2.00 bits per heavy atom. The molecule has 4 heterocycles. The third-order valence-electron chi connectivity index (χ3n) is 6.07. The lowest BCUT2D eigenvalue weighted by atomic mass is 10.0. The molecule has 0 aliphatic carbocycles. The van der Waals surface area contributed by atoms with Crippen LogP contribution in [-0.2, 0) is 23.1 Å². The smallest absolute Gasteiger partial charge is 0.244 e. The molecule has 168 valence electrons. The van der Waals surface area contributed by atoms with E-state index in [0.717, 1.165) is 25.1 Å². The third kappa shape index (κ3) is 4.79. The van der Waals surface area contributed by atoms with Gasteiger partial charge >= 0.3 is 0 Å². The van der Waals surface area contributed by atoms with Crippen molar-refractivity contribution in [2.75, 3.05) is 37.6 Å². The van der Waals surface area contributed by atoms with Gasteiger partial charge in [0.15, 0.2) is 5.82 Å². The van der Waals surface area contributed by atoms with E-state index in [0.29, 0.717) is 50.7 Å². The van der Waals surface area contributed by atoms with Gasteiger partial charge in [0.1, 0.15) is 0 Å². The number of rotatable bonds is 6. The molecule has 2 aliphatic heterocycles. The summed E-state index contributed by atoms with van der Waals surface area (Å²) in [6.45, 7) is 7.43. The zero-order valence-electron chi connectivity index (χ0n) is 18.5. The van der Waals surface area contributed by atoms with Crippen molar-refractivity contribution in [2.24, 2.45) is 7.05 Å². The Bertz CT molecular complexity index is 914. The summed E-state index contributed by atoms with van der Waals surface area (Å²) < 4.78 is 6.95. The molecule has 0 radical (unpaired) electrons. The SMILES string of the molecule is CC(C)c1noc(CCC(=O)N2CCN([C@H]3CCCN(c4cnn(C)c4)C3=O)CC2)n1. The fourth-order valence-electron chi connectivity index (χ4n) is 4.26. The summed E-state index contributed by atoms with van der Waals surface area (Å²) in [6.07, 6.45) is 6.26. The average Bonchev–Trinajstić information content (AvgIpc) is 3.42. The zero-order valence-corrected chi connectivity index (χ0v) is 18.5. The van der Waals surface area contributed by atoms with E-state index in [2.05, 4.69) is 20.1 Å². The summed E-state index contributed by atoms with van der Waals surface area (Å²) in [5, 5.41) is 8.14. The predicted octanol–water partition coefficient (Wildman–Crippen LogP) is 1.20. The van der Waals surface area contributed by atoms with E-state index in [1.807, 2.05) is 36.9 Å². The number of aryl methyl sites for hydroxylation is 2. The van der Waals surface area contributed by atoms with Crippen molar-refractivity contribution < 1.29 is 14.1 Å². The molecular weight excluding hydrogens is 398 g/mol. The first-order valence-electron chi connectivity index (χ1n) is 11.1. The van der Waals surface area contributed by atoms with Crippen LogP contribution >= 0.6 is 0 Å². The molecule has 4 rings (SSSR count). The Kier molecular flexibility index (Phi) is 6.35. The number of piperazine rings is 1. The first kappa shape index (κ1) is 21.5. The van der Waals surface area contributed by atoms with E-state index in [-0.39, 0.29) is 23.8 Å². The van der Waals surface area contributed by atoms with Crippen LogP contribution in [0.15, 0.2) is 16.9 Å². The molecule has 2 aliphatic rings. The van der Waals surface area contributed by atoms with E-state index in [1.54, 1.807) is 10.9 Å². The summed E-state index contributed by atoms with van der Waals surface area (Å²) in [5.74, 6) is 1.62. The molecule has 10 nitrogen and oxygen atoms in total. The molecule has 0 N–H and O–H groups in total. The van der Waals surface area contributed by atoms with Crippen LogP contribution in [0.2, 0.25) is 0 Å². The second-order valence-corrected chi connectivity index (χ2v) is 8.64. The Balaban J connectivity index is 1.27. The van der Waals surface area contributed by atoms with Gasteiger partial charge in [0.25, 0.3) is 0 Å². The van der Waals surface area contributed by atoms with Crippen LogP contribution in [0.5, 0.6) is 0 Å². The van der Waals surface area contributed by atoms with Crippen LogP contribution in [0.1, 0.15) is 50.7 Å². The average molecular weight is 430 g/mol. The highest BCUT2D eigenvalue weighted by Gasteiger charge is 2.36. The first-order chi connectivity index (χ1) is 14.9. The van der Waals surface area contributed by atoms with Crippen molar-refractivity contribution in [1.82, 2.24) is 29.7 Å². The summed E-state index contributed by atoms with van der Waals surface area (Å²) >= 11 is 0. The Morgan fingerprint density at radius 3 is 2.65 bits per heavy atom. The van der Waals surface area contributed by atoms with Gasteiger partial charge in [-0.2, -0.15) is 10.1 Å². The van der Waals surface area contributed by atoms with E-state index in [1.165, 1.54) is 0 Å². The molecule has 10 heteroatoms. The maximum atomic E-state index is 13.1. The van der Waals surface area contributed by atoms with Crippen LogP contribution in [0.3, 0.4) is 0 Å². The Hall–Kier alpha value is -2.75. The number of carbonyl (C=O) groups is 2. The Labute approximate surface area is 182 Å². The van der Waals surface area contributed by atoms with E-state index in [4.69, 9.17) is 4.52 Å². The topological polar surface area (TPSA) is 101 Å². The molecule has 31 heavy (non-hydrogen) atoms. The van der Waals surface area contributed by atoms with Crippen LogP contribution < -0.4 is 4.90 Å². The highest BCUT2D eigenvalue weighted by Crippen LogP contribution is 2.24. The minimum atomic E-state index is -0.126. The van der Waals surface area contributed by atoms with Gasteiger partial charge in [-0.3, -0.25) is 19.2 Å². The highest BCUT2D eigenvalue weighted by atomic mass is 16.5. The molecule has 2 amide bonds. The van der Waals surface area contributed by atoms with Gasteiger partial charge in [0.2, 0.25) is 17.7 Å². The molecule has 2 aromatic rings.